The molecule has 6 heteroatoms. The zero-order valence-corrected chi connectivity index (χ0v) is 12.3. The summed E-state index contributed by atoms with van der Waals surface area (Å²) < 4.78 is 19.4. The van der Waals surface area contributed by atoms with Gasteiger partial charge in [0.1, 0.15) is 12.4 Å². The van der Waals surface area contributed by atoms with Crippen LogP contribution in [-0.4, -0.2) is 4.92 Å². The molecule has 0 saturated heterocycles. The van der Waals surface area contributed by atoms with E-state index in [0.29, 0.717) is 10.8 Å². The summed E-state index contributed by atoms with van der Waals surface area (Å²) in [6.07, 6.45) is 0. The van der Waals surface area contributed by atoms with Crippen molar-refractivity contribution in [2.24, 2.45) is 0 Å². The van der Waals surface area contributed by atoms with Crippen LogP contribution in [0.4, 0.5) is 10.1 Å². The second-order valence-electron chi connectivity index (χ2n) is 4.67. The number of aryl methyl sites for hydroxylation is 2. The smallest absolute Gasteiger partial charge is 0.305 e. The van der Waals surface area contributed by atoms with Crippen LogP contribution in [0.25, 0.3) is 0 Å². The Balaban J connectivity index is 2.21. The van der Waals surface area contributed by atoms with Crippen LogP contribution in [-0.2, 0) is 6.61 Å². The molecule has 21 heavy (non-hydrogen) atoms. The van der Waals surface area contributed by atoms with Gasteiger partial charge in [0.15, 0.2) is 0 Å². The first-order valence-corrected chi connectivity index (χ1v) is 6.59. The molecule has 0 unspecified atom stereocenters. The van der Waals surface area contributed by atoms with E-state index < -0.39 is 16.4 Å². The molecule has 0 aliphatic rings. The lowest BCUT2D eigenvalue weighted by Crippen LogP contribution is -2.02. The van der Waals surface area contributed by atoms with Crippen molar-refractivity contribution in [2.75, 3.05) is 0 Å². The fourth-order valence-electron chi connectivity index (χ4n) is 1.97. The zero-order valence-electron chi connectivity index (χ0n) is 11.5. The third-order valence-electron chi connectivity index (χ3n) is 3.06. The lowest BCUT2D eigenvalue weighted by Gasteiger charge is -2.10. The molecule has 0 spiro atoms. The van der Waals surface area contributed by atoms with Crippen LogP contribution in [0.5, 0.6) is 5.75 Å². The minimum atomic E-state index is -0.870. The van der Waals surface area contributed by atoms with Gasteiger partial charge in [-0.05, 0) is 37.1 Å². The number of nitrogens with zero attached hydrogens (tertiary/aromatic N) is 1. The number of benzene rings is 2. The predicted octanol–water partition coefficient (Wildman–Crippen LogP) is 4.58. The Morgan fingerprint density at radius 2 is 1.90 bits per heavy atom. The molecular formula is C15H13ClFNO3. The molecule has 0 saturated carbocycles. The summed E-state index contributed by atoms with van der Waals surface area (Å²) in [5, 5.41) is 11.3. The summed E-state index contributed by atoms with van der Waals surface area (Å²) in [5.74, 6) is -0.329. The highest BCUT2D eigenvalue weighted by molar-refractivity contribution is 6.32. The Morgan fingerprint density at radius 1 is 1.29 bits per heavy atom. The molecular weight excluding hydrogens is 297 g/mol. The van der Waals surface area contributed by atoms with Crippen molar-refractivity contribution in [1.82, 2.24) is 0 Å². The van der Waals surface area contributed by atoms with Crippen LogP contribution in [0.3, 0.4) is 0 Å². The Morgan fingerprint density at radius 3 is 2.48 bits per heavy atom. The minimum Gasteiger partial charge on any atom is -0.489 e. The molecule has 4 nitrogen and oxygen atoms in total. The highest BCUT2D eigenvalue weighted by atomic mass is 35.5. The average Bonchev–Trinajstić information content (AvgIpc) is 2.43. The van der Waals surface area contributed by atoms with E-state index in [4.69, 9.17) is 16.3 Å². The summed E-state index contributed by atoms with van der Waals surface area (Å²) in [7, 11) is 0. The van der Waals surface area contributed by atoms with E-state index in [9.17, 15) is 14.5 Å². The molecule has 0 bridgehead atoms. The quantitative estimate of drug-likeness (QED) is 0.613. The van der Waals surface area contributed by atoms with Gasteiger partial charge in [0.25, 0.3) is 0 Å². The first-order valence-electron chi connectivity index (χ1n) is 6.21. The lowest BCUT2D eigenvalue weighted by atomic mass is 10.1. The monoisotopic (exact) mass is 309 g/mol. The van der Waals surface area contributed by atoms with E-state index in [-0.39, 0.29) is 12.2 Å². The molecule has 0 aromatic heterocycles. The molecule has 2 aromatic carbocycles. The average molecular weight is 310 g/mol. The second-order valence-corrected chi connectivity index (χ2v) is 5.05. The van der Waals surface area contributed by atoms with Crippen molar-refractivity contribution in [3.05, 3.63) is 68.0 Å². The highest BCUT2D eigenvalue weighted by Gasteiger charge is 2.17. The topological polar surface area (TPSA) is 52.4 Å². The van der Waals surface area contributed by atoms with Gasteiger partial charge in [0, 0.05) is 16.7 Å². The van der Waals surface area contributed by atoms with E-state index in [1.165, 1.54) is 12.1 Å². The maximum Gasteiger partial charge on any atom is 0.305 e. The summed E-state index contributed by atoms with van der Waals surface area (Å²) in [6, 6.07) is 7.49. The van der Waals surface area contributed by atoms with Crippen LogP contribution >= 0.6 is 11.6 Å². The van der Waals surface area contributed by atoms with E-state index >= 15 is 0 Å². The van der Waals surface area contributed by atoms with Crippen LogP contribution in [0.15, 0.2) is 30.3 Å². The SMILES string of the molecule is Cc1cc(OCc2cccc([N+](=O)[O-])c2F)cc(C)c1Cl. The number of halogens is 2. The number of nitro benzene ring substituents is 1. The maximum atomic E-state index is 13.9. The van der Waals surface area contributed by atoms with Crippen LogP contribution in [0.1, 0.15) is 16.7 Å². The van der Waals surface area contributed by atoms with Crippen molar-refractivity contribution >= 4 is 17.3 Å². The first-order chi connectivity index (χ1) is 9.90. The van der Waals surface area contributed by atoms with E-state index in [0.717, 1.165) is 17.2 Å². The molecule has 0 fully saturated rings. The van der Waals surface area contributed by atoms with Crippen molar-refractivity contribution in [3.63, 3.8) is 0 Å². The fraction of sp³-hybridized carbons (Fsp3) is 0.200. The standard InChI is InChI=1S/C15H13ClFNO3/c1-9-6-12(7-10(2)14(9)16)21-8-11-4-3-5-13(15(11)17)18(19)20/h3-7H,8H2,1-2H3. The number of nitro groups is 1. The minimum absolute atomic E-state index is 0.0893. The first kappa shape index (κ1) is 15.3. The summed E-state index contributed by atoms with van der Waals surface area (Å²) in [5.41, 5.74) is 1.28. The van der Waals surface area contributed by atoms with E-state index in [2.05, 4.69) is 0 Å². The normalized spacial score (nSPS) is 10.5. The Labute approximate surface area is 126 Å². The van der Waals surface area contributed by atoms with Crippen LogP contribution in [0.2, 0.25) is 5.02 Å². The fourth-order valence-corrected chi connectivity index (χ4v) is 2.08. The highest BCUT2D eigenvalue weighted by Crippen LogP contribution is 2.27. The van der Waals surface area contributed by atoms with Crippen molar-refractivity contribution < 1.29 is 14.1 Å². The molecule has 2 aromatic rings. The van der Waals surface area contributed by atoms with Crippen molar-refractivity contribution in [2.45, 2.75) is 20.5 Å². The number of hydrogen-bond acceptors (Lipinski definition) is 3. The van der Waals surface area contributed by atoms with Gasteiger partial charge < -0.3 is 4.74 Å². The van der Waals surface area contributed by atoms with E-state index in [1.54, 1.807) is 12.1 Å². The van der Waals surface area contributed by atoms with E-state index in [1.807, 2.05) is 13.8 Å². The summed E-state index contributed by atoms with van der Waals surface area (Å²) in [6.45, 7) is 3.60. The zero-order chi connectivity index (χ0) is 15.6. The maximum absolute atomic E-state index is 13.9. The van der Waals surface area contributed by atoms with Crippen LogP contribution in [0, 0.1) is 29.8 Å². The van der Waals surface area contributed by atoms with Gasteiger partial charge >= 0.3 is 5.69 Å². The third kappa shape index (κ3) is 3.31. The van der Waals surface area contributed by atoms with Gasteiger partial charge in [-0.2, -0.15) is 4.39 Å². The third-order valence-corrected chi connectivity index (χ3v) is 3.66. The molecule has 2 rings (SSSR count). The molecule has 0 aliphatic carbocycles. The Hall–Kier alpha value is -2.14. The van der Waals surface area contributed by atoms with Gasteiger partial charge in [-0.15, -0.1) is 0 Å². The van der Waals surface area contributed by atoms with Gasteiger partial charge in [-0.3, -0.25) is 10.1 Å². The Bertz CT molecular complexity index is 680. The van der Waals surface area contributed by atoms with Gasteiger partial charge in [-0.1, -0.05) is 23.7 Å². The van der Waals surface area contributed by atoms with Gasteiger partial charge in [0.05, 0.1) is 4.92 Å². The van der Waals surface area contributed by atoms with Gasteiger partial charge in [0.2, 0.25) is 5.82 Å². The summed E-state index contributed by atoms with van der Waals surface area (Å²) in [4.78, 5) is 9.93. The van der Waals surface area contributed by atoms with Crippen molar-refractivity contribution in [1.29, 1.82) is 0 Å². The predicted molar refractivity (Wildman–Crippen MR) is 78.3 cm³/mol. The molecule has 0 aliphatic heterocycles. The largest absolute Gasteiger partial charge is 0.489 e. The number of rotatable bonds is 4. The molecule has 0 N–H and O–H groups in total. The van der Waals surface area contributed by atoms with Crippen LogP contribution < -0.4 is 4.74 Å². The number of hydrogen-bond donors (Lipinski definition) is 0. The summed E-state index contributed by atoms with van der Waals surface area (Å²) >= 11 is 6.06. The van der Waals surface area contributed by atoms with Crippen molar-refractivity contribution in [3.8, 4) is 5.75 Å². The second kappa shape index (κ2) is 6.10. The number of ether oxygens (including phenoxy) is 1. The Kier molecular flexibility index (Phi) is 4.43. The molecule has 0 radical (unpaired) electrons. The molecule has 0 heterocycles. The molecule has 0 amide bonds. The molecule has 0 atom stereocenters. The molecule has 110 valence electrons. The lowest BCUT2D eigenvalue weighted by molar-refractivity contribution is -0.387. The van der Waals surface area contributed by atoms with Gasteiger partial charge in [-0.25, -0.2) is 0 Å².